The Morgan fingerprint density at radius 2 is 1.50 bits per heavy atom. The lowest BCUT2D eigenvalue weighted by Crippen LogP contribution is -1.36. The van der Waals surface area contributed by atoms with Crippen LogP contribution >= 0.6 is 0 Å². The molecule has 36 valence electrons. The topological polar surface area (TPSA) is 51.2 Å². The van der Waals surface area contributed by atoms with Gasteiger partial charge in [0.1, 0.15) is 6.29 Å². The smallest absolute Gasteiger partial charge is 0.304 e. The van der Waals surface area contributed by atoms with Crippen LogP contribution in [0.25, 0.3) is 0 Å². The molecule has 3 nitrogen and oxygen atoms in total. The van der Waals surface area contributed by atoms with Crippen LogP contribution in [-0.4, -0.2) is 14.7 Å². The van der Waals surface area contributed by atoms with Gasteiger partial charge in [0.25, 0.3) is 0 Å². The summed E-state index contributed by atoms with van der Waals surface area (Å²) in [5.41, 5.74) is 0. The Hall–Kier alpha value is -0.510. The summed E-state index contributed by atoms with van der Waals surface area (Å²) in [7, 11) is 0. The maximum Gasteiger partial charge on any atom is 0.335 e. The van der Waals surface area contributed by atoms with E-state index in [1.807, 2.05) is 0 Å². The second kappa shape index (κ2) is 24.6. The van der Waals surface area contributed by atoms with Crippen LogP contribution < -0.4 is 0 Å². The molecular weight excluding hydrogens is 104 g/mol. The fraction of sp³-hybridized carbons (Fsp3) is 0.500. The summed E-state index contributed by atoms with van der Waals surface area (Å²) in [6.07, 6.45) is 0.750. The van der Waals surface area contributed by atoms with Gasteiger partial charge in [-0.1, -0.05) is 0 Å². The van der Waals surface area contributed by atoms with Gasteiger partial charge in [0.2, 0.25) is 0 Å². The third kappa shape index (κ3) is 83.2. The van der Waals surface area contributed by atoms with Gasteiger partial charge in [-0.3, -0.25) is 0 Å². The minimum absolute atomic E-state index is 0.750. The summed E-state index contributed by atoms with van der Waals surface area (Å²) < 4.78 is 16.6. The van der Waals surface area contributed by atoms with Gasteiger partial charge >= 0.3 is 11.6 Å². The Morgan fingerprint density at radius 3 is 1.50 bits per heavy atom. The van der Waals surface area contributed by atoms with E-state index in [1.54, 1.807) is 0 Å². The van der Waals surface area contributed by atoms with E-state index >= 15 is 0 Å². The lowest BCUT2D eigenvalue weighted by molar-refractivity contribution is -0.106. The Labute approximate surface area is 39.0 Å². The number of hydrogen-bond acceptors (Lipinski definition) is 3. The van der Waals surface area contributed by atoms with Crippen LogP contribution in [0.15, 0.2) is 0 Å². The highest BCUT2D eigenvalue weighted by Crippen LogP contribution is 1.13. The van der Waals surface area contributed by atoms with E-state index in [9.17, 15) is 0 Å². The van der Waals surface area contributed by atoms with E-state index < -0.39 is 11.6 Å². The summed E-state index contributed by atoms with van der Waals surface area (Å²) >= 11 is -0.750. The molecule has 0 rings (SSSR count). The van der Waals surface area contributed by atoms with Crippen molar-refractivity contribution in [2.45, 2.75) is 6.92 Å². The van der Waals surface area contributed by atoms with Crippen LogP contribution in [-0.2, 0) is 16.4 Å². The molecule has 0 N–H and O–H groups in total. The predicted octanol–water partition coefficient (Wildman–Crippen LogP) is -0.465. The zero-order valence-electron chi connectivity index (χ0n) is 3.21. The van der Waals surface area contributed by atoms with Crippen LogP contribution in [0.4, 0.5) is 0 Å². The molecule has 0 fully saturated rings. The summed E-state index contributed by atoms with van der Waals surface area (Å²) in [5, 5.41) is 0. The van der Waals surface area contributed by atoms with E-state index in [1.165, 1.54) is 6.92 Å². The molecule has 0 aromatic rings. The molecular formula is C2H4O3S. The fourth-order valence-corrected chi connectivity index (χ4v) is 0. The minimum atomic E-state index is -0.750. The standard InChI is InChI=1S/C2H4O.O2S/c1-2-3;1-3-2/h2H,1H3;. The van der Waals surface area contributed by atoms with E-state index in [0.717, 1.165) is 6.29 Å². The lowest BCUT2D eigenvalue weighted by Gasteiger charge is -1.23. The first-order valence-electron chi connectivity index (χ1n) is 1.15. The molecule has 0 bridgehead atoms. The molecule has 0 radical (unpaired) electrons. The molecule has 0 aliphatic heterocycles. The van der Waals surface area contributed by atoms with Crippen molar-refractivity contribution >= 4 is 17.9 Å². The van der Waals surface area contributed by atoms with Crippen LogP contribution in [0.1, 0.15) is 6.92 Å². The number of carbonyl (C=O) groups excluding carboxylic acids is 1. The SMILES string of the molecule is CC=O.O=S=O. The molecule has 0 amide bonds. The highest BCUT2D eigenvalue weighted by molar-refractivity contribution is 7.51. The average Bonchev–Trinajstić information content (AvgIpc) is 1.39. The first-order chi connectivity index (χ1) is 2.83. The van der Waals surface area contributed by atoms with Gasteiger partial charge in [0.15, 0.2) is 0 Å². The zero-order valence-corrected chi connectivity index (χ0v) is 4.03. The maximum atomic E-state index is 8.81. The van der Waals surface area contributed by atoms with E-state index in [2.05, 4.69) is 0 Å². The largest absolute Gasteiger partial charge is 0.335 e. The van der Waals surface area contributed by atoms with Gasteiger partial charge < -0.3 is 4.79 Å². The second-order valence-corrected chi connectivity index (χ2v) is 0.440. The van der Waals surface area contributed by atoms with Crippen molar-refractivity contribution in [2.75, 3.05) is 0 Å². The van der Waals surface area contributed by atoms with Gasteiger partial charge in [0.05, 0.1) is 0 Å². The third-order valence-corrected chi connectivity index (χ3v) is 0. The molecule has 0 spiro atoms. The van der Waals surface area contributed by atoms with Gasteiger partial charge in [-0.05, 0) is 6.92 Å². The molecule has 0 aliphatic rings. The number of carbonyl (C=O) groups is 1. The first-order valence-corrected chi connectivity index (χ1v) is 1.81. The van der Waals surface area contributed by atoms with Crippen molar-refractivity contribution in [3.05, 3.63) is 0 Å². The highest BCUT2D eigenvalue weighted by atomic mass is 32.1. The van der Waals surface area contributed by atoms with Crippen molar-refractivity contribution in [3.63, 3.8) is 0 Å². The minimum Gasteiger partial charge on any atom is -0.304 e. The van der Waals surface area contributed by atoms with Crippen LogP contribution in [0.3, 0.4) is 0 Å². The fourth-order valence-electron chi connectivity index (χ4n) is 0. The molecule has 0 saturated carbocycles. The normalized spacial score (nSPS) is 4.17. The van der Waals surface area contributed by atoms with Gasteiger partial charge in [-0.25, -0.2) is 0 Å². The Bertz CT molecular complexity index is 53.8. The van der Waals surface area contributed by atoms with Crippen LogP contribution in [0.2, 0.25) is 0 Å². The lowest BCUT2D eigenvalue weighted by atomic mass is 11.0. The molecule has 4 heteroatoms. The summed E-state index contributed by atoms with van der Waals surface area (Å²) in [5.74, 6) is 0. The Morgan fingerprint density at radius 1 is 1.50 bits per heavy atom. The number of hydrogen-bond donors (Lipinski definition) is 0. The number of aldehydes is 1. The molecule has 0 atom stereocenters. The van der Waals surface area contributed by atoms with Crippen molar-refractivity contribution in [1.29, 1.82) is 0 Å². The maximum absolute atomic E-state index is 8.81. The number of rotatable bonds is 0. The molecule has 0 aromatic carbocycles. The van der Waals surface area contributed by atoms with Crippen molar-refractivity contribution < 1.29 is 13.2 Å². The zero-order chi connectivity index (χ0) is 5.41. The highest BCUT2D eigenvalue weighted by Gasteiger charge is 1.24. The summed E-state index contributed by atoms with van der Waals surface area (Å²) in [4.78, 5) is 8.81. The molecule has 0 saturated heterocycles. The van der Waals surface area contributed by atoms with Crippen molar-refractivity contribution in [3.8, 4) is 0 Å². The Balaban J connectivity index is 0. The van der Waals surface area contributed by atoms with Crippen molar-refractivity contribution in [2.24, 2.45) is 0 Å². The van der Waals surface area contributed by atoms with Gasteiger partial charge in [-0.2, -0.15) is 8.42 Å². The van der Waals surface area contributed by atoms with Gasteiger partial charge in [0, 0.05) is 0 Å². The molecule has 0 aliphatic carbocycles. The molecule has 0 unspecified atom stereocenters. The monoisotopic (exact) mass is 108 g/mol. The van der Waals surface area contributed by atoms with Crippen LogP contribution in [0, 0.1) is 0 Å². The first kappa shape index (κ1) is 9.09. The summed E-state index contributed by atoms with van der Waals surface area (Å²) in [6, 6.07) is 0. The summed E-state index contributed by atoms with van der Waals surface area (Å²) in [6.45, 7) is 1.44. The molecule has 0 heterocycles. The Kier molecular flexibility index (Phi) is 37.3. The third-order valence-electron chi connectivity index (χ3n) is 0. The molecule has 0 aromatic heterocycles. The quantitative estimate of drug-likeness (QED) is 0.394. The van der Waals surface area contributed by atoms with E-state index in [-0.39, 0.29) is 0 Å². The predicted molar refractivity (Wildman–Crippen MR) is 20.7 cm³/mol. The van der Waals surface area contributed by atoms with Crippen molar-refractivity contribution in [1.82, 2.24) is 0 Å². The molecule has 6 heavy (non-hydrogen) atoms. The van der Waals surface area contributed by atoms with Crippen LogP contribution in [0.5, 0.6) is 0 Å². The average molecular weight is 108 g/mol. The van der Waals surface area contributed by atoms with Gasteiger partial charge in [-0.15, -0.1) is 0 Å². The second-order valence-electron chi connectivity index (χ2n) is 0.304. The van der Waals surface area contributed by atoms with E-state index in [0.29, 0.717) is 0 Å². The van der Waals surface area contributed by atoms with E-state index in [4.69, 9.17) is 13.2 Å².